The summed E-state index contributed by atoms with van der Waals surface area (Å²) in [6.45, 7) is 10.3. The monoisotopic (exact) mass is 258 g/mol. The maximum absolute atomic E-state index is 5.62. The van der Waals surface area contributed by atoms with Gasteiger partial charge in [-0.3, -0.25) is 4.90 Å². The zero-order valence-corrected chi connectivity index (χ0v) is 12.0. The van der Waals surface area contributed by atoms with E-state index in [4.69, 9.17) is 4.74 Å². The van der Waals surface area contributed by atoms with E-state index in [1.54, 1.807) is 0 Å². The molecule has 0 bridgehead atoms. The lowest BCUT2D eigenvalue weighted by Gasteiger charge is -2.35. The number of hydrogen-bond donors (Lipinski definition) is 1. The molecule has 4 heteroatoms. The first-order chi connectivity index (χ1) is 8.25. The Labute approximate surface area is 110 Å². The van der Waals surface area contributed by atoms with Gasteiger partial charge in [-0.25, -0.2) is 0 Å². The summed E-state index contributed by atoms with van der Waals surface area (Å²) in [5.74, 6) is 1.29. The molecule has 0 spiro atoms. The molecule has 3 unspecified atom stereocenters. The van der Waals surface area contributed by atoms with Gasteiger partial charge in [0, 0.05) is 49.8 Å². The van der Waals surface area contributed by atoms with Gasteiger partial charge in [0.2, 0.25) is 0 Å². The largest absolute Gasteiger partial charge is 0.377 e. The molecule has 2 heterocycles. The van der Waals surface area contributed by atoms with Crippen molar-refractivity contribution in [2.45, 2.75) is 44.1 Å². The summed E-state index contributed by atoms with van der Waals surface area (Å²) in [5.41, 5.74) is 0. The molecule has 1 N–H and O–H groups in total. The molecule has 2 rings (SSSR count). The Hall–Kier alpha value is 0.230. The molecule has 2 fully saturated rings. The van der Waals surface area contributed by atoms with Crippen molar-refractivity contribution in [1.82, 2.24) is 10.2 Å². The van der Waals surface area contributed by atoms with Crippen molar-refractivity contribution in [2.24, 2.45) is 0 Å². The molecule has 17 heavy (non-hydrogen) atoms. The summed E-state index contributed by atoms with van der Waals surface area (Å²) >= 11 is 2.10. The fourth-order valence-corrected chi connectivity index (χ4v) is 3.67. The average molecular weight is 258 g/mol. The molecule has 0 aromatic carbocycles. The van der Waals surface area contributed by atoms with Gasteiger partial charge in [-0.05, 0) is 19.8 Å². The molecule has 2 aliphatic rings. The van der Waals surface area contributed by atoms with Crippen LogP contribution in [0.15, 0.2) is 0 Å². The van der Waals surface area contributed by atoms with E-state index < -0.39 is 0 Å². The molecule has 2 saturated heterocycles. The summed E-state index contributed by atoms with van der Waals surface area (Å²) < 4.78 is 5.62. The minimum Gasteiger partial charge on any atom is -0.377 e. The lowest BCUT2D eigenvalue weighted by molar-refractivity contribution is 0.107. The first-order valence-corrected chi connectivity index (χ1v) is 7.98. The van der Waals surface area contributed by atoms with Gasteiger partial charge >= 0.3 is 0 Å². The second-order valence-corrected chi connectivity index (χ2v) is 6.86. The molecule has 3 nitrogen and oxygen atoms in total. The standard InChI is InChI=1S/C13H26N2OS/c1-11(15-5-7-17-12(2)10-15)8-14-9-13-4-3-6-16-13/h11-14H,3-10H2,1-2H3. The van der Waals surface area contributed by atoms with Crippen LogP contribution in [0.25, 0.3) is 0 Å². The maximum Gasteiger partial charge on any atom is 0.0700 e. The van der Waals surface area contributed by atoms with Crippen molar-refractivity contribution in [1.29, 1.82) is 0 Å². The third kappa shape index (κ3) is 4.43. The zero-order valence-electron chi connectivity index (χ0n) is 11.2. The summed E-state index contributed by atoms with van der Waals surface area (Å²) in [7, 11) is 0. The first-order valence-electron chi connectivity index (χ1n) is 6.93. The van der Waals surface area contributed by atoms with Crippen LogP contribution in [0.5, 0.6) is 0 Å². The van der Waals surface area contributed by atoms with E-state index in [9.17, 15) is 0 Å². The predicted molar refractivity (Wildman–Crippen MR) is 74.8 cm³/mol. The van der Waals surface area contributed by atoms with Gasteiger partial charge in [0.1, 0.15) is 0 Å². The average Bonchev–Trinajstić information content (AvgIpc) is 2.82. The predicted octanol–water partition coefficient (Wildman–Crippen LogP) is 1.58. The topological polar surface area (TPSA) is 24.5 Å². The highest BCUT2D eigenvalue weighted by molar-refractivity contribution is 7.99. The highest BCUT2D eigenvalue weighted by atomic mass is 32.2. The number of nitrogens with one attached hydrogen (secondary N) is 1. The van der Waals surface area contributed by atoms with E-state index >= 15 is 0 Å². The Morgan fingerprint density at radius 2 is 2.41 bits per heavy atom. The smallest absolute Gasteiger partial charge is 0.0700 e. The summed E-state index contributed by atoms with van der Waals surface area (Å²) in [6.07, 6.45) is 2.94. The van der Waals surface area contributed by atoms with E-state index in [-0.39, 0.29) is 0 Å². The Morgan fingerprint density at radius 3 is 3.12 bits per heavy atom. The van der Waals surface area contributed by atoms with E-state index in [1.165, 1.54) is 31.7 Å². The van der Waals surface area contributed by atoms with Gasteiger partial charge < -0.3 is 10.1 Å². The van der Waals surface area contributed by atoms with Crippen molar-refractivity contribution in [3.8, 4) is 0 Å². The lowest BCUT2D eigenvalue weighted by atomic mass is 10.2. The second kappa shape index (κ2) is 6.98. The lowest BCUT2D eigenvalue weighted by Crippen LogP contribution is -2.47. The van der Waals surface area contributed by atoms with Crippen LogP contribution in [-0.4, -0.2) is 60.8 Å². The van der Waals surface area contributed by atoms with Crippen LogP contribution < -0.4 is 5.32 Å². The minimum absolute atomic E-state index is 0.470. The van der Waals surface area contributed by atoms with Crippen LogP contribution in [0.3, 0.4) is 0 Å². The quantitative estimate of drug-likeness (QED) is 0.809. The van der Waals surface area contributed by atoms with Crippen LogP contribution >= 0.6 is 11.8 Å². The Morgan fingerprint density at radius 1 is 1.53 bits per heavy atom. The highest BCUT2D eigenvalue weighted by Crippen LogP contribution is 2.19. The molecule has 0 radical (unpaired) electrons. The Kier molecular flexibility index (Phi) is 5.60. The van der Waals surface area contributed by atoms with Crippen molar-refractivity contribution >= 4 is 11.8 Å². The van der Waals surface area contributed by atoms with Crippen LogP contribution in [0.4, 0.5) is 0 Å². The number of thioether (sulfide) groups is 1. The van der Waals surface area contributed by atoms with E-state index in [0.29, 0.717) is 12.1 Å². The van der Waals surface area contributed by atoms with Crippen LogP contribution in [-0.2, 0) is 4.74 Å². The second-order valence-electron chi connectivity index (χ2n) is 5.32. The number of ether oxygens (including phenoxy) is 1. The maximum atomic E-state index is 5.62. The first kappa shape index (κ1) is 13.7. The molecular weight excluding hydrogens is 232 g/mol. The van der Waals surface area contributed by atoms with Crippen molar-refractivity contribution < 1.29 is 4.74 Å². The van der Waals surface area contributed by atoms with Crippen LogP contribution in [0.2, 0.25) is 0 Å². The number of hydrogen-bond acceptors (Lipinski definition) is 4. The normalized spacial score (nSPS) is 32.8. The van der Waals surface area contributed by atoms with E-state index in [1.807, 2.05) is 0 Å². The fraction of sp³-hybridized carbons (Fsp3) is 1.00. The van der Waals surface area contributed by atoms with Crippen LogP contribution in [0.1, 0.15) is 26.7 Å². The zero-order chi connectivity index (χ0) is 12.1. The SMILES string of the molecule is CC1CN(C(C)CNCC2CCCO2)CCS1. The third-order valence-electron chi connectivity index (χ3n) is 3.73. The molecule has 0 aromatic heterocycles. The van der Waals surface area contributed by atoms with Gasteiger partial charge in [-0.1, -0.05) is 6.92 Å². The molecule has 100 valence electrons. The van der Waals surface area contributed by atoms with Crippen molar-refractivity contribution in [3.63, 3.8) is 0 Å². The summed E-state index contributed by atoms with van der Waals surface area (Å²) in [6, 6.07) is 0.653. The molecule has 0 amide bonds. The number of rotatable bonds is 5. The van der Waals surface area contributed by atoms with E-state index in [0.717, 1.165) is 24.9 Å². The third-order valence-corrected chi connectivity index (χ3v) is 4.87. The molecule has 3 atom stereocenters. The molecule has 0 aliphatic carbocycles. The molecule has 0 saturated carbocycles. The summed E-state index contributed by atoms with van der Waals surface area (Å²) in [4.78, 5) is 2.61. The number of nitrogens with zero attached hydrogens (tertiary/aromatic N) is 1. The highest BCUT2D eigenvalue weighted by Gasteiger charge is 2.21. The van der Waals surface area contributed by atoms with Crippen LogP contribution in [0, 0.1) is 0 Å². The fourth-order valence-electron chi connectivity index (χ4n) is 2.63. The molecule has 2 aliphatic heterocycles. The van der Waals surface area contributed by atoms with Crippen molar-refractivity contribution in [2.75, 3.05) is 38.5 Å². The van der Waals surface area contributed by atoms with Gasteiger partial charge in [-0.15, -0.1) is 0 Å². The van der Waals surface area contributed by atoms with Crippen molar-refractivity contribution in [3.05, 3.63) is 0 Å². The van der Waals surface area contributed by atoms with Gasteiger partial charge in [-0.2, -0.15) is 11.8 Å². The van der Waals surface area contributed by atoms with Gasteiger partial charge in [0.25, 0.3) is 0 Å². The van der Waals surface area contributed by atoms with Gasteiger partial charge in [0.15, 0.2) is 0 Å². The Balaban J connectivity index is 1.60. The minimum atomic E-state index is 0.470. The molecular formula is C13H26N2OS. The molecule has 0 aromatic rings. The van der Waals surface area contributed by atoms with Gasteiger partial charge in [0.05, 0.1) is 6.10 Å². The van der Waals surface area contributed by atoms with E-state index in [2.05, 4.69) is 35.8 Å². The summed E-state index contributed by atoms with van der Waals surface area (Å²) in [5, 5.41) is 4.36. The Bertz CT molecular complexity index is 221.